The number of benzene rings is 1. The summed E-state index contributed by atoms with van der Waals surface area (Å²) in [4.78, 5) is 13.6. The van der Waals surface area contributed by atoms with Gasteiger partial charge in [0.15, 0.2) is 0 Å². The summed E-state index contributed by atoms with van der Waals surface area (Å²) in [6, 6.07) is 14.3. The Kier molecular flexibility index (Phi) is 5.30. The number of hydrogen-bond donors (Lipinski definition) is 1. The van der Waals surface area contributed by atoms with Crippen molar-refractivity contribution in [2.24, 2.45) is 5.92 Å². The van der Waals surface area contributed by atoms with Gasteiger partial charge < -0.3 is 9.67 Å². The number of hydrogen-bond acceptors (Lipinski definition) is 3. The van der Waals surface area contributed by atoms with Gasteiger partial charge in [-0.05, 0) is 56.6 Å². The van der Waals surface area contributed by atoms with Gasteiger partial charge in [0.1, 0.15) is 5.82 Å². The van der Waals surface area contributed by atoms with Crippen molar-refractivity contribution in [1.82, 2.24) is 19.2 Å². The Morgan fingerprint density at radius 2 is 1.79 bits per heavy atom. The van der Waals surface area contributed by atoms with Crippen LogP contribution < -0.4 is 0 Å². The minimum absolute atomic E-state index is 0.210. The number of aromatic nitrogens is 3. The van der Waals surface area contributed by atoms with E-state index in [9.17, 15) is 9.90 Å². The highest BCUT2D eigenvalue weighted by atomic mass is 16.4. The van der Waals surface area contributed by atoms with Crippen molar-refractivity contribution in [3.05, 3.63) is 66.1 Å². The fourth-order valence-corrected chi connectivity index (χ4v) is 3.98. The summed E-state index contributed by atoms with van der Waals surface area (Å²) >= 11 is 0. The molecule has 28 heavy (non-hydrogen) atoms. The predicted octanol–water partition coefficient (Wildman–Crippen LogP) is 3.52. The van der Waals surface area contributed by atoms with Crippen molar-refractivity contribution in [1.29, 1.82) is 0 Å². The number of likely N-dealkylation sites (tertiary alicyclic amines) is 1. The molecule has 0 atom stereocenters. The molecule has 6 heteroatoms. The molecule has 1 saturated heterocycles. The van der Waals surface area contributed by atoms with Crippen molar-refractivity contribution in [3.8, 4) is 11.5 Å². The average Bonchev–Trinajstić information content (AvgIpc) is 3.36. The van der Waals surface area contributed by atoms with Crippen LogP contribution in [0.2, 0.25) is 0 Å². The van der Waals surface area contributed by atoms with E-state index in [4.69, 9.17) is 5.10 Å². The maximum absolute atomic E-state index is 11.3. The van der Waals surface area contributed by atoms with E-state index in [0.717, 1.165) is 43.3 Å². The maximum atomic E-state index is 11.3. The van der Waals surface area contributed by atoms with Crippen LogP contribution in [-0.2, 0) is 17.8 Å². The molecule has 1 N–H and O–H groups in total. The Hall–Kier alpha value is -2.86. The second-order valence-electron chi connectivity index (χ2n) is 7.33. The van der Waals surface area contributed by atoms with Crippen molar-refractivity contribution < 1.29 is 9.90 Å². The summed E-state index contributed by atoms with van der Waals surface area (Å²) in [7, 11) is 0. The zero-order chi connectivity index (χ0) is 19.5. The number of carboxylic acid groups (broad SMARTS) is 1. The molecule has 0 amide bonds. The number of carbonyl (C=O) groups is 1. The first-order valence-electron chi connectivity index (χ1n) is 9.92. The maximum Gasteiger partial charge on any atom is 0.306 e. The molecule has 0 aliphatic carbocycles. The first kappa shape index (κ1) is 18.5. The Balaban J connectivity index is 1.70. The highest BCUT2D eigenvalue weighted by Crippen LogP contribution is 2.27. The largest absolute Gasteiger partial charge is 0.481 e. The van der Waals surface area contributed by atoms with Gasteiger partial charge >= 0.3 is 5.97 Å². The summed E-state index contributed by atoms with van der Waals surface area (Å²) in [6.45, 7) is 4.54. The molecular weight excluding hydrogens is 352 g/mol. The van der Waals surface area contributed by atoms with Crippen LogP contribution in [0.3, 0.4) is 0 Å². The van der Waals surface area contributed by atoms with Crippen LogP contribution in [0.1, 0.15) is 31.0 Å². The molecule has 4 rings (SSSR count). The van der Waals surface area contributed by atoms with Gasteiger partial charge in [-0.3, -0.25) is 9.69 Å². The molecule has 1 fully saturated rings. The lowest BCUT2D eigenvalue weighted by Gasteiger charge is -2.30. The second kappa shape index (κ2) is 8.02. The number of aliphatic carboxylic acids is 1. The standard InChI is InChI=1S/C22H26N4O2/c1-2-20-19(16-24-14-10-17(11-15-24)22(27)28)21(25-12-6-7-13-25)26(23-20)18-8-4-3-5-9-18/h3-9,12-13,17H,2,10-11,14-16H2,1H3,(H,27,28). The third-order valence-corrected chi connectivity index (χ3v) is 5.54. The lowest BCUT2D eigenvalue weighted by Crippen LogP contribution is -2.36. The van der Waals surface area contributed by atoms with E-state index in [1.807, 2.05) is 35.0 Å². The third-order valence-electron chi connectivity index (χ3n) is 5.54. The molecule has 1 aliphatic rings. The van der Waals surface area contributed by atoms with E-state index in [1.54, 1.807) is 0 Å². The van der Waals surface area contributed by atoms with E-state index in [-0.39, 0.29) is 5.92 Å². The molecule has 6 nitrogen and oxygen atoms in total. The molecule has 0 bridgehead atoms. The van der Waals surface area contributed by atoms with Crippen LogP contribution in [0.15, 0.2) is 54.9 Å². The van der Waals surface area contributed by atoms with Crippen molar-refractivity contribution >= 4 is 5.97 Å². The summed E-state index contributed by atoms with van der Waals surface area (Å²) < 4.78 is 4.15. The number of nitrogens with zero attached hydrogens (tertiary/aromatic N) is 4. The van der Waals surface area contributed by atoms with Crippen LogP contribution >= 0.6 is 0 Å². The first-order valence-corrected chi connectivity index (χ1v) is 9.92. The predicted molar refractivity (Wildman–Crippen MR) is 108 cm³/mol. The van der Waals surface area contributed by atoms with Crippen LogP contribution in [0.4, 0.5) is 0 Å². The van der Waals surface area contributed by atoms with E-state index in [1.165, 1.54) is 5.56 Å². The molecule has 0 radical (unpaired) electrons. The minimum atomic E-state index is -0.668. The summed E-state index contributed by atoms with van der Waals surface area (Å²) in [5.41, 5.74) is 3.35. The topological polar surface area (TPSA) is 63.3 Å². The van der Waals surface area contributed by atoms with Gasteiger partial charge in [0, 0.05) is 24.5 Å². The second-order valence-corrected chi connectivity index (χ2v) is 7.33. The fraction of sp³-hybridized carbons (Fsp3) is 0.364. The molecule has 2 aromatic heterocycles. The number of aryl methyl sites for hydroxylation is 1. The van der Waals surface area contributed by atoms with Crippen molar-refractivity contribution in [3.63, 3.8) is 0 Å². The zero-order valence-corrected chi connectivity index (χ0v) is 16.2. The highest BCUT2D eigenvalue weighted by Gasteiger charge is 2.27. The van der Waals surface area contributed by atoms with E-state index >= 15 is 0 Å². The van der Waals surface area contributed by atoms with E-state index in [0.29, 0.717) is 12.8 Å². The monoisotopic (exact) mass is 378 g/mol. The van der Waals surface area contributed by atoms with Crippen LogP contribution in [0.25, 0.3) is 11.5 Å². The Labute approximate surface area is 165 Å². The number of piperidine rings is 1. The Morgan fingerprint density at radius 3 is 2.39 bits per heavy atom. The molecule has 0 unspecified atom stereocenters. The molecule has 0 saturated carbocycles. The molecular formula is C22H26N4O2. The Morgan fingerprint density at radius 1 is 1.11 bits per heavy atom. The smallest absolute Gasteiger partial charge is 0.306 e. The first-order chi connectivity index (χ1) is 13.7. The lowest BCUT2D eigenvalue weighted by atomic mass is 9.96. The van der Waals surface area contributed by atoms with Crippen LogP contribution in [0, 0.1) is 5.92 Å². The zero-order valence-electron chi connectivity index (χ0n) is 16.2. The molecule has 1 aromatic carbocycles. The van der Waals surface area contributed by atoms with Crippen LogP contribution in [0.5, 0.6) is 0 Å². The van der Waals surface area contributed by atoms with Gasteiger partial charge in [-0.1, -0.05) is 25.1 Å². The SMILES string of the molecule is CCc1nn(-c2ccccc2)c(-n2cccc2)c1CN1CCC(C(=O)O)CC1. The molecule has 3 heterocycles. The van der Waals surface area contributed by atoms with Crippen molar-refractivity contribution in [2.45, 2.75) is 32.7 Å². The van der Waals surface area contributed by atoms with Gasteiger partial charge in [0.2, 0.25) is 0 Å². The Bertz CT molecular complexity index is 923. The van der Waals surface area contributed by atoms with Crippen molar-refractivity contribution in [2.75, 3.05) is 13.1 Å². The fourth-order valence-electron chi connectivity index (χ4n) is 3.98. The normalized spacial score (nSPS) is 15.8. The van der Waals surface area contributed by atoms with Gasteiger partial charge in [-0.25, -0.2) is 4.68 Å². The van der Waals surface area contributed by atoms with Gasteiger partial charge in [-0.15, -0.1) is 0 Å². The summed E-state index contributed by atoms with van der Waals surface area (Å²) in [6.07, 6.45) is 6.38. The van der Waals surface area contributed by atoms with E-state index in [2.05, 4.69) is 40.9 Å². The lowest BCUT2D eigenvalue weighted by molar-refractivity contribution is -0.143. The third kappa shape index (κ3) is 3.60. The quantitative estimate of drug-likeness (QED) is 0.713. The van der Waals surface area contributed by atoms with Crippen LogP contribution in [-0.4, -0.2) is 43.4 Å². The minimum Gasteiger partial charge on any atom is -0.481 e. The summed E-state index contributed by atoms with van der Waals surface area (Å²) in [5.74, 6) is 0.185. The van der Waals surface area contributed by atoms with Gasteiger partial charge in [0.25, 0.3) is 0 Å². The number of para-hydroxylation sites is 1. The highest BCUT2D eigenvalue weighted by molar-refractivity contribution is 5.70. The average molecular weight is 378 g/mol. The van der Waals surface area contributed by atoms with Gasteiger partial charge in [-0.2, -0.15) is 5.10 Å². The molecule has 1 aliphatic heterocycles. The summed E-state index contributed by atoms with van der Waals surface area (Å²) in [5, 5.41) is 14.2. The number of rotatable bonds is 6. The molecule has 146 valence electrons. The van der Waals surface area contributed by atoms with Gasteiger partial charge in [0.05, 0.1) is 17.3 Å². The molecule has 3 aromatic rings. The molecule has 0 spiro atoms. The van der Waals surface area contributed by atoms with E-state index < -0.39 is 5.97 Å². The number of carboxylic acids is 1.